The van der Waals surface area contributed by atoms with Crippen LogP contribution in [0, 0.1) is 5.92 Å². The summed E-state index contributed by atoms with van der Waals surface area (Å²) in [7, 11) is 0. The average Bonchev–Trinajstić information content (AvgIpc) is 2.90. The normalized spacial score (nSPS) is 22.7. The molecule has 156 valence electrons. The Hall–Kier alpha value is -3.32. The fourth-order valence-corrected chi connectivity index (χ4v) is 4.08. The van der Waals surface area contributed by atoms with Crippen LogP contribution in [0.4, 0.5) is 0 Å². The Balaban J connectivity index is 1.84. The van der Waals surface area contributed by atoms with Crippen molar-refractivity contribution in [3.63, 3.8) is 0 Å². The molecular weight excluding hydrogens is 376 g/mol. The van der Waals surface area contributed by atoms with Gasteiger partial charge >= 0.3 is 0 Å². The van der Waals surface area contributed by atoms with Gasteiger partial charge < -0.3 is 4.42 Å². The highest BCUT2D eigenvalue weighted by atomic mass is 16.3. The predicted molar refractivity (Wildman–Crippen MR) is 133 cm³/mol. The van der Waals surface area contributed by atoms with E-state index in [-0.39, 0.29) is 5.41 Å². The zero-order valence-corrected chi connectivity index (χ0v) is 18.6. The summed E-state index contributed by atoms with van der Waals surface area (Å²) in [5.41, 5.74) is 4.38. The molecule has 2 aliphatic carbocycles. The number of benzene rings is 1. The fourth-order valence-electron chi connectivity index (χ4n) is 4.08. The minimum Gasteiger partial charge on any atom is -0.460 e. The third kappa shape index (κ3) is 4.72. The molecule has 1 aromatic heterocycles. The second-order valence-corrected chi connectivity index (χ2v) is 8.44. The smallest absolute Gasteiger partial charge is 0.132 e. The van der Waals surface area contributed by atoms with Crippen LogP contribution in [0.2, 0.25) is 0 Å². The first kappa shape index (κ1) is 20.9. The molecule has 0 spiro atoms. The van der Waals surface area contributed by atoms with E-state index in [0.717, 1.165) is 28.4 Å². The summed E-state index contributed by atoms with van der Waals surface area (Å²) >= 11 is 0. The van der Waals surface area contributed by atoms with Gasteiger partial charge in [0, 0.05) is 22.6 Å². The van der Waals surface area contributed by atoms with Crippen molar-refractivity contribution in [1.29, 1.82) is 0 Å². The zero-order chi connectivity index (χ0) is 21.7. The second kappa shape index (κ2) is 9.22. The van der Waals surface area contributed by atoms with Crippen LogP contribution in [0.5, 0.6) is 0 Å². The van der Waals surface area contributed by atoms with Crippen LogP contribution < -0.4 is 10.6 Å². The summed E-state index contributed by atoms with van der Waals surface area (Å²) < 4.78 is 6.53. The van der Waals surface area contributed by atoms with Crippen LogP contribution >= 0.6 is 0 Å². The first-order valence-electron chi connectivity index (χ1n) is 11.0. The third-order valence-corrected chi connectivity index (χ3v) is 5.89. The Bertz CT molecular complexity index is 1230. The molecular formula is C30H30O. The molecule has 1 heterocycles. The van der Waals surface area contributed by atoms with Crippen molar-refractivity contribution < 1.29 is 4.42 Å². The summed E-state index contributed by atoms with van der Waals surface area (Å²) in [6.45, 7) is 6.47. The van der Waals surface area contributed by atoms with E-state index in [2.05, 4.69) is 117 Å². The Morgan fingerprint density at radius 3 is 2.68 bits per heavy atom. The van der Waals surface area contributed by atoms with Crippen molar-refractivity contribution >= 4 is 18.2 Å². The van der Waals surface area contributed by atoms with Gasteiger partial charge in [-0.05, 0) is 37.0 Å². The monoisotopic (exact) mass is 406 g/mol. The number of hydrogen-bond acceptors (Lipinski definition) is 1. The van der Waals surface area contributed by atoms with E-state index < -0.39 is 0 Å². The Kier molecular flexibility index (Phi) is 6.23. The zero-order valence-electron chi connectivity index (χ0n) is 18.6. The van der Waals surface area contributed by atoms with Gasteiger partial charge in [-0.2, -0.15) is 0 Å². The van der Waals surface area contributed by atoms with Gasteiger partial charge in [0.05, 0.1) is 0 Å². The molecule has 1 nitrogen and oxygen atoms in total. The van der Waals surface area contributed by atoms with E-state index in [1.165, 1.54) is 11.1 Å². The summed E-state index contributed by atoms with van der Waals surface area (Å²) in [5, 5.41) is 1.15. The van der Waals surface area contributed by atoms with E-state index in [1.807, 2.05) is 13.0 Å². The number of furan rings is 1. The first-order valence-corrected chi connectivity index (χ1v) is 11.0. The molecule has 4 rings (SSSR count). The minimum absolute atomic E-state index is 0.220. The molecule has 0 aliphatic heterocycles. The summed E-state index contributed by atoms with van der Waals surface area (Å²) in [5.74, 6) is 1.46. The summed E-state index contributed by atoms with van der Waals surface area (Å²) in [4.78, 5) is 0. The van der Waals surface area contributed by atoms with Gasteiger partial charge in [0.25, 0.3) is 0 Å². The maximum atomic E-state index is 6.53. The van der Waals surface area contributed by atoms with Crippen LogP contribution in [0.1, 0.15) is 37.7 Å². The fraction of sp³-hybridized carbons (Fsp3) is 0.200. The molecule has 0 saturated carbocycles. The first-order chi connectivity index (χ1) is 15.1. The van der Waals surface area contributed by atoms with Crippen molar-refractivity contribution in [3.05, 3.63) is 124 Å². The molecule has 0 fully saturated rings. The molecule has 31 heavy (non-hydrogen) atoms. The lowest BCUT2D eigenvalue weighted by Crippen LogP contribution is -2.26. The standard InChI is InChI=1S/C30H30O/c1-4-5-7-16-26-27-17-11-20-30(3,25-14-8-6-9-15-25)22-29(27)31-28(26)21-24-13-10-12-23(2)18-19-24/h4-20,22-23H,21H2,1-3H3/b5-4-,16-7-/t23-,30?/m1/s1. The van der Waals surface area contributed by atoms with Gasteiger partial charge in [-0.1, -0.05) is 110 Å². The second-order valence-electron chi connectivity index (χ2n) is 8.44. The molecule has 0 bridgehead atoms. The van der Waals surface area contributed by atoms with Gasteiger partial charge in [0.1, 0.15) is 11.2 Å². The molecule has 2 aliphatic rings. The summed E-state index contributed by atoms with van der Waals surface area (Å²) in [6.07, 6.45) is 29.0. The van der Waals surface area contributed by atoms with E-state index in [0.29, 0.717) is 5.92 Å². The van der Waals surface area contributed by atoms with E-state index in [4.69, 9.17) is 4.42 Å². The van der Waals surface area contributed by atoms with Crippen molar-refractivity contribution in [2.75, 3.05) is 0 Å². The highest BCUT2D eigenvalue weighted by Crippen LogP contribution is 2.28. The van der Waals surface area contributed by atoms with Gasteiger partial charge in [-0.15, -0.1) is 0 Å². The van der Waals surface area contributed by atoms with Crippen molar-refractivity contribution in [2.45, 2.75) is 32.6 Å². The maximum absolute atomic E-state index is 6.53. The summed E-state index contributed by atoms with van der Waals surface area (Å²) in [6, 6.07) is 10.6. The number of rotatable bonds is 5. The topological polar surface area (TPSA) is 13.1 Å². The molecule has 0 radical (unpaired) electrons. The van der Waals surface area contributed by atoms with Crippen LogP contribution in [-0.2, 0) is 11.8 Å². The predicted octanol–water partition coefficient (Wildman–Crippen LogP) is 6.19. The van der Waals surface area contributed by atoms with Gasteiger partial charge in [-0.25, -0.2) is 0 Å². The lowest BCUT2D eigenvalue weighted by atomic mass is 9.82. The molecule has 2 atom stereocenters. The van der Waals surface area contributed by atoms with Crippen LogP contribution in [0.25, 0.3) is 18.2 Å². The minimum atomic E-state index is -0.220. The van der Waals surface area contributed by atoms with Gasteiger partial charge in [0.15, 0.2) is 0 Å². The van der Waals surface area contributed by atoms with Crippen molar-refractivity contribution in [3.8, 4) is 0 Å². The lowest BCUT2D eigenvalue weighted by Gasteiger charge is -2.21. The maximum Gasteiger partial charge on any atom is 0.132 e. The molecule has 0 saturated heterocycles. The van der Waals surface area contributed by atoms with Crippen LogP contribution in [0.15, 0.2) is 101 Å². The number of hydrogen-bond donors (Lipinski definition) is 0. The third-order valence-electron chi connectivity index (χ3n) is 5.89. The van der Waals surface area contributed by atoms with Crippen molar-refractivity contribution in [2.24, 2.45) is 5.92 Å². The SMILES string of the molecule is C/C=C\C=C/c1c(CC2=CC=C[C@@H](C)C=C2)oc2c1=CC=CC(C)(c1ccccc1)C=2. The Labute approximate surface area is 185 Å². The van der Waals surface area contributed by atoms with E-state index in [9.17, 15) is 0 Å². The molecule has 2 aromatic rings. The highest BCUT2D eigenvalue weighted by Gasteiger charge is 2.23. The molecule has 1 unspecified atom stereocenters. The number of allylic oxidation sites excluding steroid dienone is 11. The van der Waals surface area contributed by atoms with Crippen LogP contribution in [-0.4, -0.2) is 0 Å². The largest absolute Gasteiger partial charge is 0.460 e. The van der Waals surface area contributed by atoms with E-state index in [1.54, 1.807) is 0 Å². The lowest BCUT2D eigenvalue weighted by molar-refractivity contribution is 0.485. The van der Waals surface area contributed by atoms with Crippen LogP contribution in [0.3, 0.4) is 0 Å². The van der Waals surface area contributed by atoms with Gasteiger partial charge in [-0.3, -0.25) is 0 Å². The van der Waals surface area contributed by atoms with E-state index >= 15 is 0 Å². The van der Waals surface area contributed by atoms with Gasteiger partial charge in [0.2, 0.25) is 0 Å². The molecule has 1 heteroatoms. The quantitative estimate of drug-likeness (QED) is 0.540. The Morgan fingerprint density at radius 2 is 1.87 bits per heavy atom. The molecule has 0 N–H and O–H groups in total. The molecule has 0 amide bonds. The van der Waals surface area contributed by atoms with Crippen molar-refractivity contribution in [1.82, 2.24) is 0 Å². The average molecular weight is 407 g/mol. The Morgan fingerprint density at radius 1 is 1.03 bits per heavy atom. The number of fused-ring (bicyclic) bond motifs is 1. The molecule has 1 aromatic carbocycles. The highest BCUT2D eigenvalue weighted by molar-refractivity contribution is 5.63.